The topological polar surface area (TPSA) is 99.1 Å². The van der Waals surface area contributed by atoms with Crippen molar-refractivity contribution in [3.63, 3.8) is 0 Å². The van der Waals surface area contributed by atoms with Gasteiger partial charge in [0.05, 0.1) is 12.7 Å². The zero-order valence-electron chi connectivity index (χ0n) is 11.0. The van der Waals surface area contributed by atoms with Crippen molar-refractivity contribution in [1.29, 1.82) is 0 Å². The molecule has 0 saturated carbocycles. The molecule has 0 radical (unpaired) electrons. The van der Waals surface area contributed by atoms with Crippen LogP contribution in [-0.2, 0) is 9.53 Å². The molecule has 7 heteroatoms. The summed E-state index contributed by atoms with van der Waals surface area (Å²) in [6.45, 7) is 4.25. The van der Waals surface area contributed by atoms with Crippen LogP contribution in [0.1, 0.15) is 20.3 Å². The average Bonchev–Trinajstić information content (AvgIpc) is 2.27. The molecular formula is C11H22N2O5. The van der Waals surface area contributed by atoms with E-state index in [1.54, 1.807) is 7.05 Å². The minimum atomic E-state index is -1.16. The minimum Gasteiger partial charge on any atom is -0.480 e. The predicted octanol–water partition coefficient (Wildman–Crippen LogP) is -0.112. The maximum atomic E-state index is 11.6. The number of carboxylic acid groups (broad SMARTS) is 1. The van der Waals surface area contributed by atoms with E-state index in [9.17, 15) is 9.59 Å². The Hall–Kier alpha value is -1.34. The molecule has 2 amide bonds. The van der Waals surface area contributed by atoms with Crippen molar-refractivity contribution >= 4 is 12.0 Å². The molecule has 0 aromatic rings. The summed E-state index contributed by atoms with van der Waals surface area (Å²) in [7, 11) is 1.55. The van der Waals surface area contributed by atoms with Gasteiger partial charge in [-0.15, -0.1) is 0 Å². The number of carbonyl (C=O) groups excluding carboxylic acids is 1. The van der Waals surface area contributed by atoms with E-state index in [0.29, 0.717) is 13.2 Å². The molecule has 18 heavy (non-hydrogen) atoms. The van der Waals surface area contributed by atoms with Gasteiger partial charge in [-0.3, -0.25) is 0 Å². The first kappa shape index (κ1) is 16.7. The summed E-state index contributed by atoms with van der Waals surface area (Å²) >= 11 is 0. The van der Waals surface area contributed by atoms with Crippen LogP contribution in [0.5, 0.6) is 0 Å². The number of likely N-dealkylation sites (N-methyl/N-ethyl adjacent to an activating group) is 1. The number of nitrogens with zero attached hydrogens (tertiary/aromatic N) is 1. The summed E-state index contributed by atoms with van der Waals surface area (Å²) in [5, 5.41) is 19.8. The van der Waals surface area contributed by atoms with Crippen LogP contribution in [0.25, 0.3) is 0 Å². The Bertz CT molecular complexity index is 270. The summed E-state index contributed by atoms with van der Waals surface area (Å²) in [5.41, 5.74) is 0. The second-order valence-corrected chi connectivity index (χ2v) is 4.19. The van der Waals surface area contributed by atoms with Crippen molar-refractivity contribution < 1.29 is 24.5 Å². The fraction of sp³-hybridized carbons (Fsp3) is 0.818. The molecule has 1 unspecified atom stereocenters. The van der Waals surface area contributed by atoms with Crippen LogP contribution in [0.2, 0.25) is 0 Å². The largest absolute Gasteiger partial charge is 0.480 e. The summed E-state index contributed by atoms with van der Waals surface area (Å²) in [6.07, 6.45) is 0.0693. The molecule has 0 aliphatic rings. The number of hydrogen-bond acceptors (Lipinski definition) is 4. The van der Waals surface area contributed by atoms with E-state index in [1.165, 1.54) is 4.90 Å². The third-order valence-electron chi connectivity index (χ3n) is 2.24. The van der Waals surface area contributed by atoms with Gasteiger partial charge < -0.3 is 25.2 Å². The molecule has 0 aromatic heterocycles. The van der Waals surface area contributed by atoms with Gasteiger partial charge in [-0.1, -0.05) is 0 Å². The van der Waals surface area contributed by atoms with Crippen LogP contribution in [0.15, 0.2) is 0 Å². The van der Waals surface area contributed by atoms with Gasteiger partial charge in [0, 0.05) is 26.6 Å². The Morgan fingerprint density at radius 3 is 2.44 bits per heavy atom. The zero-order chi connectivity index (χ0) is 14.1. The minimum absolute atomic E-state index is 0.0165. The molecule has 0 rings (SSSR count). The van der Waals surface area contributed by atoms with Gasteiger partial charge in [0.2, 0.25) is 0 Å². The van der Waals surface area contributed by atoms with Crippen LogP contribution in [0, 0.1) is 0 Å². The molecule has 0 heterocycles. The monoisotopic (exact) mass is 262 g/mol. The van der Waals surface area contributed by atoms with Crippen molar-refractivity contribution in [3.05, 3.63) is 0 Å². The number of urea groups is 1. The fourth-order valence-corrected chi connectivity index (χ4v) is 1.17. The van der Waals surface area contributed by atoms with Gasteiger partial charge in [-0.25, -0.2) is 9.59 Å². The first-order valence-corrected chi connectivity index (χ1v) is 5.85. The molecule has 0 bridgehead atoms. The number of carbonyl (C=O) groups is 2. The van der Waals surface area contributed by atoms with Gasteiger partial charge in [0.15, 0.2) is 0 Å². The number of amides is 2. The van der Waals surface area contributed by atoms with Crippen molar-refractivity contribution in [3.8, 4) is 0 Å². The van der Waals surface area contributed by atoms with E-state index in [-0.39, 0.29) is 19.1 Å². The molecule has 1 atom stereocenters. The highest BCUT2D eigenvalue weighted by Crippen LogP contribution is 1.95. The van der Waals surface area contributed by atoms with E-state index in [0.717, 1.165) is 0 Å². The number of nitrogens with one attached hydrogen (secondary N) is 1. The number of aliphatic hydroxyl groups excluding tert-OH is 1. The third kappa shape index (κ3) is 7.08. The quantitative estimate of drug-likeness (QED) is 0.567. The lowest BCUT2D eigenvalue weighted by Crippen LogP contribution is -2.47. The van der Waals surface area contributed by atoms with Crippen LogP contribution < -0.4 is 5.32 Å². The maximum Gasteiger partial charge on any atom is 0.326 e. The summed E-state index contributed by atoms with van der Waals surface area (Å²) in [4.78, 5) is 23.7. The number of carboxylic acids is 1. The highest BCUT2D eigenvalue weighted by Gasteiger charge is 2.20. The number of aliphatic hydroxyl groups is 1. The van der Waals surface area contributed by atoms with Crippen LogP contribution in [0.3, 0.4) is 0 Å². The lowest BCUT2D eigenvalue weighted by molar-refractivity contribution is -0.139. The van der Waals surface area contributed by atoms with Gasteiger partial charge in [-0.2, -0.15) is 0 Å². The highest BCUT2D eigenvalue weighted by atomic mass is 16.5. The smallest absolute Gasteiger partial charge is 0.326 e. The van der Waals surface area contributed by atoms with Gasteiger partial charge >= 0.3 is 12.0 Å². The molecule has 0 saturated heterocycles. The highest BCUT2D eigenvalue weighted by molar-refractivity contribution is 5.82. The molecule has 0 aliphatic heterocycles. The van der Waals surface area contributed by atoms with Crippen molar-refractivity contribution in [2.75, 3.05) is 26.8 Å². The standard InChI is InChI=1S/C11H22N2O5/c1-8(2)18-7-5-13(3)11(17)12-9(4-6-14)10(15)16/h8-9,14H,4-7H2,1-3H3,(H,12,17)(H,15,16). The Balaban J connectivity index is 4.08. The average molecular weight is 262 g/mol. The van der Waals surface area contributed by atoms with Crippen molar-refractivity contribution in [2.45, 2.75) is 32.4 Å². The maximum absolute atomic E-state index is 11.6. The third-order valence-corrected chi connectivity index (χ3v) is 2.24. The van der Waals surface area contributed by atoms with E-state index in [4.69, 9.17) is 14.9 Å². The lowest BCUT2D eigenvalue weighted by Gasteiger charge is -2.21. The number of ether oxygens (including phenoxy) is 1. The Morgan fingerprint density at radius 1 is 1.39 bits per heavy atom. The van der Waals surface area contributed by atoms with Crippen LogP contribution in [0.4, 0.5) is 4.79 Å². The number of aliphatic carboxylic acids is 1. The molecule has 0 fully saturated rings. The van der Waals surface area contributed by atoms with E-state index in [1.807, 2.05) is 13.8 Å². The molecule has 0 spiro atoms. The summed E-state index contributed by atoms with van der Waals surface area (Å²) in [6, 6.07) is -1.57. The first-order valence-electron chi connectivity index (χ1n) is 5.85. The number of rotatable bonds is 8. The van der Waals surface area contributed by atoms with Crippen molar-refractivity contribution in [2.24, 2.45) is 0 Å². The number of hydrogen-bond donors (Lipinski definition) is 3. The Kier molecular flexibility index (Phi) is 8.06. The lowest BCUT2D eigenvalue weighted by atomic mass is 10.2. The van der Waals surface area contributed by atoms with Crippen molar-refractivity contribution in [1.82, 2.24) is 10.2 Å². The van der Waals surface area contributed by atoms with Gasteiger partial charge in [-0.05, 0) is 13.8 Å². The van der Waals surface area contributed by atoms with Gasteiger partial charge in [0.1, 0.15) is 6.04 Å². The molecule has 3 N–H and O–H groups in total. The Labute approximate surface area is 107 Å². The second-order valence-electron chi connectivity index (χ2n) is 4.19. The molecule has 106 valence electrons. The summed E-state index contributed by atoms with van der Waals surface area (Å²) < 4.78 is 5.28. The second kappa shape index (κ2) is 8.71. The van der Waals surface area contributed by atoms with Gasteiger partial charge in [0.25, 0.3) is 0 Å². The Morgan fingerprint density at radius 2 is 2.00 bits per heavy atom. The molecule has 7 nitrogen and oxygen atoms in total. The first-order chi connectivity index (χ1) is 8.38. The predicted molar refractivity (Wildman–Crippen MR) is 65.4 cm³/mol. The fourth-order valence-electron chi connectivity index (χ4n) is 1.17. The zero-order valence-corrected chi connectivity index (χ0v) is 11.0. The van der Waals surface area contributed by atoms with Crippen LogP contribution >= 0.6 is 0 Å². The summed E-state index contributed by atoms with van der Waals surface area (Å²) in [5.74, 6) is -1.16. The van der Waals surface area contributed by atoms with E-state index in [2.05, 4.69) is 5.32 Å². The SMILES string of the molecule is CC(C)OCCN(C)C(=O)NC(CCO)C(=O)O. The molecule has 0 aromatic carbocycles. The van der Waals surface area contributed by atoms with E-state index >= 15 is 0 Å². The normalized spacial score (nSPS) is 12.3. The molecular weight excluding hydrogens is 240 g/mol. The van der Waals surface area contributed by atoms with E-state index < -0.39 is 18.0 Å². The molecule has 0 aliphatic carbocycles. The van der Waals surface area contributed by atoms with Crippen LogP contribution in [-0.4, -0.2) is 66.1 Å².